The minimum atomic E-state index is -5.09. The van der Waals surface area contributed by atoms with Crippen molar-refractivity contribution in [2.24, 2.45) is 4.99 Å². The summed E-state index contributed by atoms with van der Waals surface area (Å²) in [6, 6.07) is -1.31. The molecule has 0 radical (unpaired) electrons. The van der Waals surface area contributed by atoms with Gasteiger partial charge in [-0.1, -0.05) is 11.8 Å². The van der Waals surface area contributed by atoms with Crippen molar-refractivity contribution in [3.63, 3.8) is 0 Å². The van der Waals surface area contributed by atoms with Crippen molar-refractivity contribution in [2.45, 2.75) is 75.4 Å². The Morgan fingerprint density at radius 2 is 2.00 bits per heavy atom. The summed E-state index contributed by atoms with van der Waals surface area (Å²) in [4.78, 5) is 17.4. The van der Waals surface area contributed by atoms with Crippen LogP contribution in [0, 0.1) is 0 Å². The van der Waals surface area contributed by atoms with Crippen molar-refractivity contribution in [1.82, 2.24) is 4.90 Å². The van der Waals surface area contributed by atoms with Gasteiger partial charge < -0.3 is 19.7 Å². The SMILES string of the molecule is CCN(C(=O)OC(C)(C)C)C1=N[C@@H]2[C@H](F)[C@H](O)[C@@H]([C@@H](O)C(F)(F)F)O[C@@H]2S1. The van der Waals surface area contributed by atoms with Crippen molar-refractivity contribution in [1.29, 1.82) is 0 Å². The van der Waals surface area contributed by atoms with Crippen LogP contribution >= 0.6 is 11.8 Å². The van der Waals surface area contributed by atoms with E-state index >= 15 is 0 Å². The highest BCUT2D eigenvalue weighted by Crippen LogP contribution is 2.41. The highest BCUT2D eigenvalue weighted by atomic mass is 32.2. The molecule has 0 unspecified atom stereocenters. The van der Waals surface area contributed by atoms with Gasteiger partial charge in [0.1, 0.15) is 29.3 Å². The van der Waals surface area contributed by atoms with Crippen LogP contribution in [0.4, 0.5) is 22.4 Å². The molecule has 1 amide bonds. The van der Waals surface area contributed by atoms with Gasteiger partial charge in [0.05, 0.1) is 0 Å². The maximum Gasteiger partial charge on any atom is 0.417 e. The van der Waals surface area contributed by atoms with Crippen molar-refractivity contribution in [3.8, 4) is 0 Å². The first-order valence-corrected chi connectivity index (χ1v) is 9.11. The number of amidine groups is 1. The molecular weight excluding hydrogens is 396 g/mol. The summed E-state index contributed by atoms with van der Waals surface area (Å²) in [6.07, 6.45) is -15.5. The molecule has 156 valence electrons. The number of fused-ring (bicyclic) bond motifs is 1. The molecule has 6 atom stereocenters. The maximum atomic E-state index is 14.5. The first-order valence-electron chi connectivity index (χ1n) is 8.23. The Kier molecular flexibility index (Phi) is 6.34. The zero-order valence-corrected chi connectivity index (χ0v) is 15.9. The third-order valence-electron chi connectivity index (χ3n) is 3.85. The second kappa shape index (κ2) is 7.72. The lowest BCUT2D eigenvalue weighted by molar-refractivity contribution is -0.267. The smallest absolute Gasteiger partial charge is 0.417 e. The second-order valence-corrected chi connectivity index (χ2v) is 8.20. The van der Waals surface area contributed by atoms with Gasteiger partial charge in [0, 0.05) is 6.54 Å². The quantitative estimate of drug-likeness (QED) is 0.667. The molecule has 2 aliphatic heterocycles. The summed E-state index contributed by atoms with van der Waals surface area (Å²) in [5.74, 6) is 0. The maximum absolute atomic E-state index is 14.5. The van der Waals surface area contributed by atoms with E-state index in [2.05, 4.69) is 4.99 Å². The van der Waals surface area contributed by atoms with Gasteiger partial charge in [0.2, 0.25) is 0 Å². The van der Waals surface area contributed by atoms with Crippen molar-refractivity contribution in [3.05, 3.63) is 0 Å². The van der Waals surface area contributed by atoms with Crippen molar-refractivity contribution < 1.29 is 42.0 Å². The molecule has 2 heterocycles. The number of amides is 1. The van der Waals surface area contributed by atoms with Gasteiger partial charge in [-0.15, -0.1) is 0 Å². The third kappa shape index (κ3) is 4.84. The minimum Gasteiger partial charge on any atom is -0.443 e. The molecule has 7 nitrogen and oxygen atoms in total. The molecule has 0 bridgehead atoms. The van der Waals surface area contributed by atoms with Crippen LogP contribution in [0.15, 0.2) is 4.99 Å². The number of nitrogens with zero attached hydrogens (tertiary/aromatic N) is 2. The monoisotopic (exact) mass is 418 g/mol. The molecule has 0 saturated carbocycles. The molecule has 0 aromatic rings. The van der Waals surface area contributed by atoms with Crippen LogP contribution in [-0.4, -0.2) is 80.7 Å². The number of ether oxygens (including phenoxy) is 2. The van der Waals surface area contributed by atoms with Gasteiger partial charge in [0.15, 0.2) is 17.4 Å². The normalized spacial score (nSPS) is 32.5. The van der Waals surface area contributed by atoms with Gasteiger partial charge in [-0.3, -0.25) is 9.89 Å². The second-order valence-electron chi connectivity index (χ2n) is 7.14. The number of aliphatic hydroxyl groups is 2. The first-order chi connectivity index (χ1) is 12.3. The number of hydrogen-bond acceptors (Lipinski definition) is 7. The highest BCUT2D eigenvalue weighted by molar-refractivity contribution is 8.14. The fourth-order valence-electron chi connectivity index (χ4n) is 2.58. The fourth-order valence-corrected chi connectivity index (χ4v) is 3.84. The highest BCUT2D eigenvalue weighted by Gasteiger charge is 2.57. The molecule has 27 heavy (non-hydrogen) atoms. The zero-order chi connectivity index (χ0) is 20.7. The molecule has 1 saturated heterocycles. The number of carbonyl (C=O) groups is 1. The van der Waals surface area contributed by atoms with Crippen LogP contribution in [0.3, 0.4) is 0 Å². The average Bonchev–Trinajstić information content (AvgIpc) is 2.92. The van der Waals surface area contributed by atoms with Crippen LogP contribution in [0.1, 0.15) is 27.7 Å². The summed E-state index contributed by atoms with van der Waals surface area (Å²) >= 11 is 0.742. The third-order valence-corrected chi connectivity index (χ3v) is 5.01. The lowest BCUT2D eigenvalue weighted by Crippen LogP contribution is -2.59. The molecule has 2 rings (SSSR count). The van der Waals surface area contributed by atoms with Crippen LogP contribution in [0.2, 0.25) is 0 Å². The predicted octanol–water partition coefficient (Wildman–Crippen LogP) is 2.06. The Morgan fingerprint density at radius 3 is 2.48 bits per heavy atom. The Labute approximate surface area is 157 Å². The van der Waals surface area contributed by atoms with Gasteiger partial charge in [-0.05, 0) is 27.7 Å². The zero-order valence-electron chi connectivity index (χ0n) is 15.1. The van der Waals surface area contributed by atoms with E-state index in [1.165, 1.54) is 0 Å². The van der Waals surface area contributed by atoms with Crippen LogP contribution in [0.5, 0.6) is 0 Å². The summed E-state index contributed by atoms with van der Waals surface area (Å²) in [5, 5.41) is 19.2. The van der Waals surface area contributed by atoms with Crippen molar-refractivity contribution in [2.75, 3.05) is 6.54 Å². The van der Waals surface area contributed by atoms with Gasteiger partial charge in [-0.2, -0.15) is 13.2 Å². The predicted molar refractivity (Wildman–Crippen MR) is 89.1 cm³/mol. The molecule has 1 fully saturated rings. The molecule has 0 aromatic heterocycles. The van der Waals surface area contributed by atoms with E-state index in [-0.39, 0.29) is 11.7 Å². The number of aliphatic hydroxyl groups excluding tert-OH is 2. The molecular formula is C15H22F4N2O5S. The molecule has 12 heteroatoms. The average molecular weight is 418 g/mol. The minimum absolute atomic E-state index is 0.0127. The molecule has 0 aromatic carbocycles. The molecule has 0 aliphatic carbocycles. The van der Waals surface area contributed by atoms with E-state index in [1.54, 1.807) is 27.7 Å². The number of rotatable bonds is 2. The molecule has 2 aliphatic rings. The topological polar surface area (TPSA) is 91.6 Å². The first kappa shape index (κ1) is 22.2. The number of halogens is 4. The molecule has 2 N–H and O–H groups in total. The van der Waals surface area contributed by atoms with E-state index in [0.717, 1.165) is 16.7 Å². The van der Waals surface area contributed by atoms with E-state index in [0.29, 0.717) is 0 Å². The summed E-state index contributed by atoms with van der Waals surface area (Å²) in [5.41, 5.74) is -2.02. The lowest BCUT2D eigenvalue weighted by Gasteiger charge is -2.39. The lowest BCUT2D eigenvalue weighted by atomic mass is 9.96. The van der Waals surface area contributed by atoms with Crippen LogP contribution in [0.25, 0.3) is 0 Å². The van der Waals surface area contributed by atoms with Crippen LogP contribution in [-0.2, 0) is 9.47 Å². The Hall–Kier alpha value is -1.11. The summed E-state index contributed by atoms with van der Waals surface area (Å²) in [6.45, 7) is 6.70. The van der Waals surface area contributed by atoms with E-state index in [4.69, 9.17) is 9.47 Å². The Bertz CT molecular complexity index is 598. The number of carbonyl (C=O) groups excluding carboxylic acids is 1. The van der Waals surface area contributed by atoms with E-state index in [1.807, 2.05) is 0 Å². The van der Waals surface area contributed by atoms with Gasteiger partial charge >= 0.3 is 12.3 Å². The van der Waals surface area contributed by atoms with E-state index in [9.17, 15) is 32.6 Å². The molecule has 0 spiro atoms. The largest absolute Gasteiger partial charge is 0.443 e. The standard InChI is InChI=1S/C15H22F4N2O5S/c1-5-21(13(24)26-14(2,3)4)12-20-7-6(16)8(22)9(25-11(7)27-12)10(23)15(17,18)19/h6-11,22-23H,5H2,1-4H3/t6-,7+,8-,9-,10+,11+/m0/s1. The Balaban J connectivity index is 2.18. The summed E-state index contributed by atoms with van der Waals surface area (Å²) < 4.78 is 63.0. The van der Waals surface area contributed by atoms with Crippen LogP contribution < -0.4 is 0 Å². The van der Waals surface area contributed by atoms with Gasteiger partial charge in [-0.25, -0.2) is 9.18 Å². The number of thioether (sulfide) groups is 1. The van der Waals surface area contributed by atoms with Crippen molar-refractivity contribution >= 4 is 23.0 Å². The number of aliphatic imine (C=N–C) groups is 1. The van der Waals surface area contributed by atoms with E-state index < -0.39 is 53.8 Å². The Morgan fingerprint density at radius 1 is 1.41 bits per heavy atom. The number of alkyl halides is 4. The fraction of sp³-hybridized carbons (Fsp3) is 0.867. The van der Waals surface area contributed by atoms with Gasteiger partial charge in [0.25, 0.3) is 0 Å². The summed E-state index contributed by atoms with van der Waals surface area (Å²) in [7, 11) is 0. The number of hydrogen-bond donors (Lipinski definition) is 2.